The van der Waals surface area contributed by atoms with E-state index in [4.69, 9.17) is 18.0 Å². The number of unbranched alkanes of at least 4 members (excludes halogenated alkanes) is 5. The van der Waals surface area contributed by atoms with Crippen molar-refractivity contribution in [1.82, 2.24) is 0 Å². The molecule has 1 atom stereocenters. The summed E-state index contributed by atoms with van der Waals surface area (Å²) in [4.78, 5) is 11.0. The summed E-state index contributed by atoms with van der Waals surface area (Å²) in [6, 6.07) is 0.866. The molecule has 0 spiro atoms. The second-order valence-electron chi connectivity index (χ2n) is 5.41. The molecule has 0 radical (unpaired) electrons. The number of ether oxygens (including phenoxy) is 1. The van der Waals surface area contributed by atoms with Crippen LogP contribution in [0.3, 0.4) is 0 Å². The topological polar surface area (TPSA) is 54.0 Å². The maximum Gasteiger partial charge on any atom is 0.500 e. The Bertz CT molecular complexity index is 297. The molecule has 0 aliphatic rings. The van der Waals surface area contributed by atoms with E-state index in [1.807, 2.05) is 6.92 Å². The molecule has 0 aromatic heterocycles. The largest absolute Gasteiger partial charge is 0.500 e. The predicted molar refractivity (Wildman–Crippen MR) is 89.7 cm³/mol. The van der Waals surface area contributed by atoms with E-state index in [-0.39, 0.29) is 12.1 Å². The molecule has 6 heteroatoms. The molecular weight excluding hydrogens is 300 g/mol. The summed E-state index contributed by atoms with van der Waals surface area (Å²) in [6.45, 7) is 5.31. The molecule has 130 valence electrons. The fourth-order valence-electron chi connectivity index (χ4n) is 2.34. The van der Waals surface area contributed by atoms with Gasteiger partial charge in [-0.1, -0.05) is 32.3 Å². The molecule has 22 heavy (non-hydrogen) atoms. The Morgan fingerprint density at radius 2 is 1.50 bits per heavy atom. The molecule has 0 amide bonds. The van der Waals surface area contributed by atoms with E-state index in [0.29, 0.717) is 0 Å². The van der Waals surface area contributed by atoms with E-state index in [0.717, 1.165) is 38.1 Å². The van der Waals surface area contributed by atoms with E-state index in [1.165, 1.54) is 18.9 Å². The predicted octanol–water partition coefficient (Wildman–Crippen LogP) is 3.71. The lowest BCUT2D eigenvalue weighted by Crippen LogP contribution is -2.42. The van der Waals surface area contributed by atoms with E-state index in [1.54, 1.807) is 21.3 Å². The summed E-state index contributed by atoms with van der Waals surface area (Å²) in [5.41, 5.74) is 0. The van der Waals surface area contributed by atoms with Gasteiger partial charge in [0.25, 0.3) is 0 Å². The third-order valence-corrected chi connectivity index (χ3v) is 6.59. The fraction of sp³-hybridized carbons (Fsp3) is 0.812. The van der Waals surface area contributed by atoms with E-state index in [2.05, 4.69) is 6.58 Å². The molecule has 0 aromatic rings. The van der Waals surface area contributed by atoms with Crippen LogP contribution in [0.25, 0.3) is 0 Å². The lowest BCUT2D eigenvalue weighted by Gasteiger charge is -2.24. The average Bonchev–Trinajstić information content (AvgIpc) is 2.54. The van der Waals surface area contributed by atoms with Gasteiger partial charge in [0.05, 0.1) is 6.10 Å². The van der Waals surface area contributed by atoms with Crippen LogP contribution in [-0.4, -0.2) is 42.2 Å². The van der Waals surface area contributed by atoms with Crippen molar-refractivity contribution in [2.45, 2.75) is 64.0 Å². The Hall–Kier alpha value is -0.693. The molecule has 0 aliphatic heterocycles. The molecule has 0 saturated heterocycles. The molecule has 1 unspecified atom stereocenters. The molecule has 0 saturated carbocycles. The molecular formula is C16H32O5Si. The zero-order valence-electron chi connectivity index (χ0n) is 14.6. The minimum atomic E-state index is -2.38. The number of esters is 1. The summed E-state index contributed by atoms with van der Waals surface area (Å²) in [6.07, 6.45) is 8.96. The second-order valence-corrected chi connectivity index (χ2v) is 8.50. The molecule has 0 aromatic carbocycles. The Morgan fingerprint density at radius 3 is 2.00 bits per heavy atom. The lowest BCUT2D eigenvalue weighted by molar-refractivity contribution is -0.142. The SMILES string of the molecule is C=CC(=O)OC(C)CCCCCCCC[Si](OC)(OC)OC. The maximum atomic E-state index is 11.0. The third kappa shape index (κ3) is 9.35. The summed E-state index contributed by atoms with van der Waals surface area (Å²) in [7, 11) is 2.57. The number of rotatable bonds is 14. The van der Waals surface area contributed by atoms with Crippen molar-refractivity contribution in [2.75, 3.05) is 21.3 Å². The van der Waals surface area contributed by atoms with E-state index >= 15 is 0 Å². The normalized spacial score (nSPS) is 12.9. The van der Waals surface area contributed by atoms with Crippen LogP contribution in [0.5, 0.6) is 0 Å². The Morgan fingerprint density at radius 1 is 1.00 bits per heavy atom. The molecule has 0 N–H and O–H groups in total. The quantitative estimate of drug-likeness (QED) is 0.210. The first-order valence-corrected chi connectivity index (χ1v) is 9.95. The van der Waals surface area contributed by atoms with Crippen LogP contribution in [-0.2, 0) is 22.8 Å². The van der Waals surface area contributed by atoms with Crippen LogP contribution in [0.1, 0.15) is 51.9 Å². The zero-order valence-corrected chi connectivity index (χ0v) is 15.6. The van der Waals surface area contributed by atoms with Gasteiger partial charge in [0, 0.05) is 33.4 Å². The van der Waals surface area contributed by atoms with Gasteiger partial charge >= 0.3 is 14.8 Å². The van der Waals surface area contributed by atoms with Gasteiger partial charge in [0.1, 0.15) is 0 Å². The highest BCUT2D eigenvalue weighted by molar-refractivity contribution is 6.60. The molecule has 0 aliphatic carbocycles. The molecule has 0 rings (SSSR count). The van der Waals surface area contributed by atoms with Crippen molar-refractivity contribution < 1.29 is 22.8 Å². The highest BCUT2D eigenvalue weighted by atomic mass is 28.4. The van der Waals surface area contributed by atoms with Gasteiger partial charge in [-0.05, 0) is 26.2 Å². The average molecular weight is 333 g/mol. The summed E-state index contributed by atoms with van der Waals surface area (Å²) >= 11 is 0. The Labute approximate surface area is 136 Å². The minimum absolute atomic E-state index is 0.0257. The van der Waals surface area contributed by atoms with E-state index < -0.39 is 8.80 Å². The van der Waals surface area contributed by atoms with Crippen molar-refractivity contribution in [3.8, 4) is 0 Å². The van der Waals surface area contributed by atoms with Crippen LogP contribution >= 0.6 is 0 Å². The van der Waals surface area contributed by atoms with Gasteiger partial charge in [-0.2, -0.15) is 0 Å². The first-order valence-electron chi connectivity index (χ1n) is 8.02. The second kappa shape index (κ2) is 12.8. The maximum absolute atomic E-state index is 11.0. The van der Waals surface area contributed by atoms with Gasteiger partial charge < -0.3 is 18.0 Å². The minimum Gasteiger partial charge on any atom is -0.460 e. The number of carbonyl (C=O) groups excluding carboxylic acids is 1. The van der Waals surface area contributed by atoms with Crippen LogP contribution in [0.2, 0.25) is 6.04 Å². The Balaban J connectivity index is 3.54. The van der Waals surface area contributed by atoms with Gasteiger partial charge in [-0.25, -0.2) is 4.79 Å². The van der Waals surface area contributed by atoms with Crippen molar-refractivity contribution in [3.05, 3.63) is 12.7 Å². The number of hydrogen-bond acceptors (Lipinski definition) is 5. The van der Waals surface area contributed by atoms with E-state index in [9.17, 15) is 4.79 Å². The summed E-state index contributed by atoms with van der Waals surface area (Å²) in [5.74, 6) is -0.338. The third-order valence-electron chi connectivity index (χ3n) is 3.76. The fourth-order valence-corrected chi connectivity index (χ4v) is 4.14. The van der Waals surface area contributed by atoms with Crippen molar-refractivity contribution in [2.24, 2.45) is 0 Å². The van der Waals surface area contributed by atoms with Gasteiger partial charge in [0.2, 0.25) is 0 Å². The van der Waals surface area contributed by atoms with Crippen LogP contribution in [0.15, 0.2) is 12.7 Å². The van der Waals surface area contributed by atoms with Crippen molar-refractivity contribution in [1.29, 1.82) is 0 Å². The van der Waals surface area contributed by atoms with Crippen molar-refractivity contribution in [3.63, 3.8) is 0 Å². The van der Waals surface area contributed by atoms with Crippen LogP contribution in [0.4, 0.5) is 0 Å². The number of hydrogen-bond donors (Lipinski definition) is 0. The van der Waals surface area contributed by atoms with Crippen molar-refractivity contribution >= 4 is 14.8 Å². The highest BCUT2D eigenvalue weighted by Gasteiger charge is 2.36. The standard InChI is InChI=1S/C16H32O5Si/c1-6-16(17)21-15(2)13-11-9-7-8-10-12-14-22(18-3,19-4)20-5/h6,15H,1,7-14H2,2-5H3. The summed E-state index contributed by atoms with van der Waals surface area (Å²) in [5, 5.41) is 0. The summed E-state index contributed by atoms with van der Waals surface area (Å²) < 4.78 is 21.3. The zero-order chi connectivity index (χ0) is 16.8. The first-order chi connectivity index (χ1) is 10.5. The van der Waals surface area contributed by atoms with Crippen LogP contribution in [0, 0.1) is 0 Å². The molecule has 0 fully saturated rings. The molecule has 0 bridgehead atoms. The van der Waals surface area contributed by atoms with Crippen LogP contribution < -0.4 is 0 Å². The lowest BCUT2D eigenvalue weighted by atomic mass is 10.1. The van der Waals surface area contributed by atoms with Gasteiger partial charge in [-0.15, -0.1) is 0 Å². The molecule has 5 nitrogen and oxygen atoms in total. The molecule has 0 heterocycles. The number of carbonyl (C=O) groups is 1. The monoisotopic (exact) mass is 332 g/mol. The Kier molecular flexibility index (Phi) is 12.4. The smallest absolute Gasteiger partial charge is 0.460 e. The van der Waals surface area contributed by atoms with Gasteiger partial charge in [-0.3, -0.25) is 0 Å². The highest BCUT2D eigenvalue weighted by Crippen LogP contribution is 2.18. The van der Waals surface area contributed by atoms with Gasteiger partial charge in [0.15, 0.2) is 0 Å². The first kappa shape index (κ1) is 21.3.